The van der Waals surface area contributed by atoms with Gasteiger partial charge in [0.2, 0.25) is 0 Å². The van der Waals surface area contributed by atoms with Crippen LogP contribution in [0.15, 0.2) is 59.1 Å². The highest BCUT2D eigenvalue weighted by atomic mass is 79.9. The van der Waals surface area contributed by atoms with Crippen LogP contribution in [0, 0.1) is 0 Å². The molecule has 31 heavy (non-hydrogen) atoms. The van der Waals surface area contributed by atoms with Crippen molar-refractivity contribution in [1.29, 1.82) is 0 Å². The summed E-state index contributed by atoms with van der Waals surface area (Å²) in [6, 6.07) is 15.7. The lowest BCUT2D eigenvalue weighted by atomic mass is 10.1. The fourth-order valence-electron chi connectivity index (χ4n) is 2.82. The van der Waals surface area contributed by atoms with Crippen LogP contribution in [-0.2, 0) is 13.2 Å². The van der Waals surface area contributed by atoms with Gasteiger partial charge in [-0.25, -0.2) is 4.79 Å². The summed E-state index contributed by atoms with van der Waals surface area (Å²) in [6.45, 7) is 3.16. The van der Waals surface area contributed by atoms with Gasteiger partial charge in [-0.2, -0.15) is 0 Å². The van der Waals surface area contributed by atoms with Crippen molar-refractivity contribution in [1.82, 2.24) is 0 Å². The van der Waals surface area contributed by atoms with Crippen LogP contribution in [0.25, 0.3) is 0 Å². The van der Waals surface area contributed by atoms with Gasteiger partial charge in [0.1, 0.15) is 6.61 Å². The van der Waals surface area contributed by atoms with E-state index in [4.69, 9.17) is 32.7 Å². The van der Waals surface area contributed by atoms with Gasteiger partial charge < -0.3 is 19.9 Å². The molecule has 5 nitrogen and oxygen atoms in total. The molecule has 8 heteroatoms. The van der Waals surface area contributed by atoms with E-state index in [1.54, 1.807) is 6.07 Å². The molecule has 0 heterocycles. The molecule has 0 fully saturated rings. The fourth-order valence-corrected chi connectivity index (χ4v) is 3.59. The maximum atomic E-state index is 11.2. The number of carbonyl (C=O) groups is 1. The van der Waals surface area contributed by atoms with E-state index in [-0.39, 0.29) is 5.56 Å². The predicted molar refractivity (Wildman–Crippen MR) is 127 cm³/mol. The molecule has 0 saturated heterocycles. The van der Waals surface area contributed by atoms with Gasteiger partial charge in [-0.3, -0.25) is 0 Å². The summed E-state index contributed by atoms with van der Waals surface area (Å²) in [5, 5.41) is 13.5. The minimum Gasteiger partial charge on any atom is -0.490 e. The molecule has 0 saturated carbocycles. The van der Waals surface area contributed by atoms with E-state index in [0.29, 0.717) is 47.0 Å². The van der Waals surface area contributed by atoms with E-state index >= 15 is 0 Å². The molecular formula is C23H20BrCl2NO4. The second-order valence-corrected chi connectivity index (χ2v) is 8.29. The Hall–Kier alpha value is -2.41. The molecule has 0 aromatic heterocycles. The zero-order chi connectivity index (χ0) is 22.4. The Labute approximate surface area is 199 Å². The number of halogens is 3. The zero-order valence-electron chi connectivity index (χ0n) is 16.6. The van der Waals surface area contributed by atoms with Gasteiger partial charge in [0.15, 0.2) is 11.5 Å². The number of hydrogen-bond donors (Lipinski definition) is 2. The number of hydrogen-bond acceptors (Lipinski definition) is 4. The third-order valence-corrected chi connectivity index (χ3v) is 5.72. The van der Waals surface area contributed by atoms with Crippen LogP contribution in [0.4, 0.5) is 5.69 Å². The third kappa shape index (κ3) is 6.29. The van der Waals surface area contributed by atoms with Gasteiger partial charge in [-0.05, 0) is 60.5 Å². The summed E-state index contributed by atoms with van der Waals surface area (Å²) in [7, 11) is 0. The molecule has 0 atom stereocenters. The maximum absolute atomic E-state index is 11.2. The van der Waals surface area contributed by atoms with Crippen LogP contribution >= 0.6 is 39.1 Å². The molecule has 0 unspecified atom stereocenters. The molecule has 3 aromatic rings. The second kappa shape index (κ2) is 10.8. The van der Waals surface area contributed by atoms with E-state index in [2.05, 4.69) is 21.2 Å². The van der Waals surface area contributed by atoms with E-state index in [1.165, 1.54) is 12.1 Å². The molecule has 0 bridgehead atoms. The highest BCUT2D eigenvalue weighted by Crippen LogP contribution is 2.35. The van der Waals surface area contributed by atoms with Crippen molar-refractivity contribution in [2.45, 2.75) is 20.1 Å². The molecule has 0 spiro atoms. The summed E-state index contributed by atoms with van der Waals surface area (Å²) in [4.78, 5) is 11.2. The Kier molecular flexibility index (Phi) is 8.07. The van der Waals surface area contributed by atoms with E-state index in [9.17, 15) is 9.90 Å². The molecular weight excluding hydrogens is 505 g/mol. The number of carboxylic acid groups (broad SMARTS) is 1. The van der Waals surface area contributed by atoms with Crippen LogP contribution < -0.4 is 14.8 Å². The molecule has 0 aliphatic heterocycles. The Bertz CT molecular complexity index is 1070. The SMILES string of the molecule is CCOc1cc(CNc2cc(C(=O)O)ccc2Cl)c(Br)cc1OCc1ccc(Cl)cc1. The molecule has 0 aliphatic carbocycles. The lowest BCUT2D eigenvalue weighted by molar-refractivity contribution is 0.0697. The average Bonchev–Trinajstić information content (AvgIpc) is 2.74. The standard InChI is InChI=1S/C23H20BrCl2NO4/c1-2-30-21-10-16(12-27-20-9-15(23(28)29)5-8-19(20)26)18(24)11-22(21)31-13-14-3-6-17(25)7-4-14/h3-11,27H,2,12-13H2,1H3,(H,28,29). The lowest BCUT2D eigenvalue weighted by Crippen LogP contribution is -2.05. The largest absolute Gasteiger partial charge is 0.490 e. The molecule has 0 amide bonds. The number of nitrogens with one attached hydrogen (secondary N) is 1. The Balaban J connectivity index is 1.77. The summed E-state index contributed by atoms with van der Waals surface area (Å²) < 4.78 is 12.6. The molecule has 3 rings (SSSR count). The molecule has 0 radical (unpaired) electrons. The van der Waals surface area contributed by atoms with Crippen LogP contribution in [0.1, 0.15) is 28.4 Å². The smallest absolute Gasteiger partial charge is 0.335 e. The monoisotopic (exact) mass is 523 g/mol. The summed E-state index contributed by atoms with van der Waals surface area (Å²) >= 11 is 15.7. The minimum atomic E-state index is -1.01. The van der Waals surface area contributed by atoms with E-state index in [1.807, 2.05) is 43.3 Å². The first-order chi connectivity index (χ1) is 14.9. The van der Waals surface area contributed by atoms with Crippen LogP contribution in [0.5, 0.6) is 11.5 Å². The number of benzene rings is 3. The molecule has 3 aromatic carbocycles. The van der Waals surface area contributed by atoms with Crippen molar-refractivity contribution < 1.29 is 19.4 Å². The van der Waals surface area contributed by atoms with Gasteiger partial charge in [0.25, 0.3) is 0 Å². The van der Waals surface area contributed by atoms with Gasteiger partial charge in [0.05, 0.1) is 22.9 Å². The third-order valence-electron chi connectivity index (χ3n) is 4.40. The zero-order valence-corrected chi connectivity index (χ0v) is 19.7. The Morgan fingerprint density at radius 3 is 2.42 bits per heavy atom. The van der Waals surface area contributed by atoms with Gasteiger partial charge in [-0.15, -0.1) is 0 Å². The number of anilines is 1. The van der Waals surface area contributed by atoms with Gasteiger partial charge in [-0.1, -0.05) is 51.3 Å². The number of aromatic carboxylic acids is 1. The normalized spacial score (nSPS) is 10.6. The number of ether oxygens (including phenoxy) is 2. The number of rotatable bonds is 9. The van der Waals surface area contributed by atoms with Crippen LogP contribution in [-0.4, -0.2) is 17.7 Å². The Morgan fingerprint density at radius 1 is 1.03 bits per heavy atom. The van der Waals surface area contributed by atoms with Crippen LogP contribution in [0.3, 0.4) is 0 Å². The van der Waals surface area contributed by atoms with Gasteiger partial charge >= 0.3 is 5.97 Å². The van der Waals surface area contributed by atoms with E-state index < -0.39 is 5.97 Å². The molecule has 2 N–H and O–H groups in total. The first-order valence-electron chi connectivity index (χ1n) is 9.46. The quantitative estimate of drug-likeness (QED) is 0.314. The molecule has 162 valence electrons. The topological polar surface area (TPSA) is 67.8 Å². The first-order valence-corrected chi connectivity index (χ1v) is 11.0. The summed E-state index contributed by atoms with van der Waals surface area (Å²) in [5.74, 6) is 0.210. The molecule has 0 aliphatic rings. The van der Waals surface area contributed by atoms with Gasteiger partial charge in [0, 0.05) is 16.0 Å². The van der Waals surface area contributed by atoms with E-state index in [0.717, 1.165) is 15.6 Å². The van der Waals surface area contributed by atoms with Crippen molar-refractivity contribution in [3.05, 3.63) is 85.8 Å². The van der Waals surface area contributed by atoms with Crippen molar-refractivity contribution in [2.24, 2.45) is 0 Å². The summed E-state index contributed by atoms with van der Waals surface area (Å²) in [6.07, 6.45) is 0. The first kappa shape index (κ1) is 23.3. The minimum absolute atomic E-state index is 0.159. The van der Waals surface area contributed by atoms with Crippen molar-refractivity contribution in [3.63, 3.8) is 0 Å². The second-order valence-electron chi connectivity index (χ2n) is 6.59. The Morgan fingerprint density at radius 2 is 1.74 bits per heavy atom. The van der Waals surface area contributed by atoms with Crippen LogP contribution in [0.2, 0.25) is 10.0 Å². The van der Waals surface area contributed by atoms with Crippen molar-refractivity contribution >= 4 is 50.8 Å². The fraction of sp³-hybridized carbons (Fsp3) is 0.174. The van der Waals surface area contributed by atoms with Crippen molar-refractivity contribution in [3.8, 4) is 11.5 Å². The van der Waals surface area contributed by atoms with Crippen molar-refractivity contribution in [2.75, 3.05) is 11.9 Å². The maximum Gasteiger partial charge on any atom is 0.335 e. The highest BCUT2D eigenvalue weighted by Gasteiger charge is 2.13. The highest BCUT2D eigenvalue weighted by molar-refractivity contribution is 9.10. The predicted octanol–water partition coefficient (Wildman–Crippen LogP) is 7.04. The summed E-state index contributed by atoms with van der Waals surface area (Å²) in [5.41, 5.74) is 2.59. The lowest BCUT2D eigenvalue weighted by Gasteiger charge is -2.16. The average molecular weight is 525 g/mol. The number of carboxylic acids is 1.